The first-order valence-corrected chi connectivity index (χ1v) is 9.36. The Morgan fingerprint density at radius 2 is 1.96 bits per heavy atom. The van der Waals surface area contributed by atoms with Crippen molar-refractivity contribution in [1.29, 1.82) is 0 Å². The fraction of sp³-hybridized carbons (Fsp3) is 0.333. The van der Waals surface area contributed by atoms with Crippen LogP contribution in [0.15, 0.2) is 53.1 Å². The summed E-state index contributed by atoms with van der Waals surface area (Å²) in [7, 11) is 1.89. The van der Waals surface area contributed by atoms with E-state index in [1.807, 2.05) is 48.3 Å². The van der Waals surface area contributed by atoms with Gasteiger partial charge >= 0.3 is 0 Å². The van der Waals surface area contributed by atoms with Gasteiger partial charge in [-0.15, -0.1) is 0 Å². The Morgan fingerprint density at radius 1 is 1.15 bits per heavy atom. The van der Waals surface area contributed by atoms with E-state index in [0.717, 1.165) is 55.4 Å². The summed E-state index contributed by atoms with van der Waals surface area (Å²) in [4.78, 5) is 17.2. The summed E-state index contributed by atoms with van der Waals surface area (Å²) in [5.41, 5.74) is 2.78. The Balaban J connectivity index is 1.30. The van der Waals surface area contributed by atoms with Crippen LogP contribution in [0.3, 0.4) is 0 Å². The van der Waals surface area contributed by atoms with Crippen LogP contribution in [-0.4, -0.2) is 41.1 Å². The minimum Gasteiger partial charge on any atom is -0.458 e. The monoisotopic (exact) mass is 362 g/mol. The van der Waals surface area contributed by atoms with Gasteiger partial charge in [0.2, 0.25) is 5.91 Å². The van der Waals surface area contributed by atoms with Gasteiger partial charge in [0.25, 0.3) is 0 Å². The van der Waals surface area contributed by atoms with E-state index in [1.54, 1.807) is 6.20 Å². The number of furan rings is 1. The molecule has 0 unspecified atom stereocenters. The molecule has 0 aliphatic carbocycles. The number of nitrogens with zero attached hydrogens (tertiary/aromatic N) is 3. The number of rotatable bonds is 3. The summed E-state index contributed by atoms with van der Waals surface area (Å²) < 4.78 is 5.95. The summed E-state index contributed by atoms with van der Waals surface area (Å²) in [5.74, 6) is 1.98. The van der Waals surface area contributed by atoms with E-state index in [-0.39, 0.29) is 11.3 Å². The van der Waals surface area contributed by atoms with Gasteiger partial charge in [-0.2, -0.15) is 5.10 Å². The highest BCUT2D eigenvalue weighted by molar-refractivity contribution is 6.07. The normalized spacial score (nSPS) is 19.0. The number of H-pyrrole nitrogens is 1. The van der Waals surface area contributed by atoms with Gasteiger partial charge in [-0.25, -0.2) is 0 Å². The van der Waals surface area contributed by atoms with Crippen LogP contribution in [0, 0.1) is 0 Å². The molecule has 0 radical (unpaired) electrons. The number of hydrogen-bond donors (Lipinski definition) is 1. The third kappa shape index (κ3) is 2.51. The first-order chi connectivity index (χ1) is 13.2. The summed E-state index contributed by atoms with van der Waals surface area (Å²) in [6.07, 6.45) is 3.41. The Kier molecular flexibility index (Phi) is 3.68. The van der Waals surface area contributed by atoms with Gasteiger partial charge in [-0.1, -0.05) is 18.2 Å². The molecule has 1 saturated heterocycles. The number of likely N-dealkylation sites (tertiary alicyclic amines) is 1. The second-order valence-electron chi connectivity index (χ2n) is 7.48. The van der Waals surface area contributed by atoms with Gasteiger partial charge < -0.3 is 9.32 Å². The number of amides is 1. The van der Waals surface area contributed by atoms with Gasteiger partial charge in [-0.05, 0) is 55.8 Å². The molecule has 0 saturated carbocycles. The highest BCUT2D eigenvalue weighted by Gasteiger charge is 2.50. The Morgan fingerprint density at radius 3 is 2.74 bits per heavy atom. The van der Waals surface area contributed by atoms with E-state index >= 15 is 0 Å². The molecule has 0 bridgehead atoms. The van der Waals surface area contributed by atoms with Crippen LogP contribution < -0.4 is 4.90 Å². The number of carbonyl (C=O) groups excluding carboxylic acids is 1. The van der Waals surface area contributed by atoms with Crippen LogP contribution in [-0.2, 0) is 16.8 Å². The number of carbonyl (C=O) groups is 1. The van der Waals surface area contributed by atoms with Crippen molar-refractivity contribution in [2.75, 3.05) is 25.0 Å². The van der Waals surface area contributed by atoms with E-state index in [0.29, 0.717) is 0 Å². The Labute approximate surface area is 157 Å². The van der Waals surface area contributed by atoms with Crippen molar-refractivity contribution in [3.8, 4) is 11.5 Å². The maximum Gasteiger partial charge on any atom is 0.237 e. The molecule has 138 valence electrons. The molecular formula is C21H22N4O2. The highest BCUT2D eigenvalue weighted by Crippen LogP contribution is 2.47. The van der Waals surface area contributed by atoms with Crippen molar-refractivity contribution in [2.24, 2.45) is 0 Å². The predicted molar refractivity (Wildman–Crippen MR) is 102 cm³/mol. The van der Waals surface area contributed by atoms with Gasteiger partial charge in [0.05, 0.1) is 12.0 Å². The predicted octanol–water partition coefficient (Wildman–Crippen LogP) is 3.18. The van der Waals surface area contributed by atoms with E-state index in [4.69, 9.17) is 4.42 Å². The minimum absolute atomic E-state index is 0.239. The van der Waals surface area contributed by atoms with Crippen molar-refractivity contribution in [3.05, 3.63) is 60.0 Å². The average molecular weight is 362 g/mol. The second kappa shape index (κ2) is 6.09. The number of fused-ring (bicyclic) bond motifs is 2. The Hall–Kier alpha value is -2.86. The molecule has 6 heteroatoms. The first-order valence-electron chi connectivity index (χ1n) is 9.36. The number of aromatic amines is 1. The lowest BCUT2D eigenvalue weighted by Crippen LogP contribution is -2.47. The molecule has 5 rings (SSSR count). The van der Waals surface area contributed by atoms with Crippen molar-refractivity contribution >= 4 is 11.6 Å². The number of nitrogens with one attached hydrogen (secondary N) is 1. The zero-order chi connectivity index (χ0) is 18.4. The quantitative estimate of drug-likeness (QED) is 0.777. The highest BCUT2D eigenvalue weighted by atomic mass is 16.3. The smallest absolute Gasteiger partial charge is 0.237 e. The lowest BCUT2D eigenvalue weighted by Gasteiger charge is -2.38. The zero-order valence-corrected chi connectivity index (χ0v) is 15.3. The van der Waals surface area contributed by atoms with E-state index < -0.39 is 0 Å². The molecule has 2 aromatic heterocycles. The van der Waals surface area contributed by atoms with Crippen molar-refractivity contribution in [1.82, 2.24) is 15.1 Å². The SMILES string of the molecule is CN1C(=O)C2(CCN(Cc3ccc(-c4ccn[nH]4)o3)CC2)c2ccccc21. The van der Waals surface area contributed by atoms with Crippen LogP contribution in [0.1, 0.15) is 24.2 Å². The van der Waals surface area contributed by atoms with Crippen LogP contribution in [0.5, 0.6) is 0 Å². The van der Waals surface area contributed by atoms with E-state index in [1.165, 1.54) is 5.56 Å². The molecule has 1 aromatic carbocycles. The number of hydrogen-bond acceptors (Lipinski definition) is 4. The fourth-order valence-electron chi connectivity index (χ4n) is 4.51. The van der Waals surface area contributed by atoms with E-state index in [2.05, 4.69) is 21.2 Å². The van der Waals surface area contributed by atoms with Gasteiger partial charge in [0.1, 0.15) is 11.5 Å². The minimum atomic E-state index is -0.355. The van der Waals surface area contributed by atoms with Crippen LogP contribution in [0.25, 0.3) is 11.5 Å². The second-order valence-corrected chi connectivity index (χ2v) is 7.48. The molecule has 6 nitrogen and oxygen atoms in total. The largest absolute Gasteiger partial charge is 0.458 e. The molecular weight excluding hydrogens is 340 g/mol. The van der Waals surface area contributed by atoms with Crippen molar-refractivity contribution < 1.29 is 9.21 Å². The van der Waals surface area contributed by atoms with Gasteiger partial charge in [-0.3, -0.25) is 14.8 Å². The molecule has 1 N–H and O–H groups in total. The average Bonchev–Trinajstić information content (AvgIpc) is 3.42. The third-order valence-electron chi connectivity index (χ3n) is 6.01. The molecule has 27 heavy (non-hydrogen) atoms. The van der Waals surface area contributed by atoms with Gasteiger partial charge in [0.15, 0.2) is 5.76 Å². The van der Waals surface area contributed by atoms with Crippen LogP contribution >= 0.6 is 0 Å². The number of anilines is 1. The van der Waals surface area contributed by atoms with Gasteiger partial charge in [0, 0.05) is 18.9 Å². The molecule has 2 aliphatic heterocycles. The third-order valence-corrected chi connectivity index (χ3v) is 6.01. The lowest BCUT2D eigenvalue weighted by atomic mass is 9.73. The van der Waals surface area contributed by atoms with Crippen molar-refractivity contribution in [2.45, 2.75) is 24.8 Å². The summed E-state index contributed by atoms with van der Waals surface area (Å²) in [6.45, 7) is 2.53. The summed E-state index contributed by atoms with van der Waals surface area (Å²) in [6, 6.07) is 14.1. The maximum atomic E-state index is 13.0. The van der Waals surface area contributed by atoms with Crippen LogP contribution in [0.4, 0.5) is 5.69 Å². The molecule has 1 amide bonds. The van der Waals surface area contributed by atoms with E-state index in [9.17, 15) is 4.79 Å². The maximum absolute atomic E-state index is 13.0. The number of aromatic nitrogens is 2. The number of likely N-dealkylation sites (N-methyl/N-ethyl adjacent to an activating group) is 1. The molecule has 1 spiro atoms. The number of benzene rings is 1. The van der Waals surface area contributed by atoms with Crippen molar-refractivity contribution in [3.63, 3.8) is 0 Å². The molecule has 2 aliphatic rings. The lowest BCUT2D eigenvalue weighted by molar-refractivity contribution is -0.124. The zero-order valence-electron chi connectivity index (χ0n) is 15.3. The molecule has 0 atom stereocenters. The Bertz CT molecular complexity index is 968. The topological polar surface area (TPSA) is 65.4 Å². The first kappa shape index (κ1) is 16.3. The molecule has 1 fully saturated rings. The fourth-order valence-corrected chi connectivity index (χ4v) is 4.51. The summed E-state index contributed by atoms with van der Waals surface area (Å²) >= 11 is 0. The van der Waals surface area contributed by atoms with Crippen LogP contribution in [0.2, 0.25) is 0 Å². The number of para-hydroxylation sites is 1. The standard InChI is InChI=1S/C21H22N4O2/c1-24-18-5-3-2-4-16(18)21(20(24)26)9-12-25(13-10-21)14-15-6-7-19(27-15)17-8-11-22-23-17/h2-8,11H,9-10,12-14H2,1H3,(H,22,23). The molecule has 3 aromatic rings. The number of piperidine rings is 1. The molecule has 4 heterocycles. The summed E-state index contributed by atoms with van der Waals surface area (Å²) in [5, 5.41) is 6.89.